The average Bonchev–Trinajstić information content (AvgIpc) is 3.59. The maximum Gasteiger partial charge on any atom is 0.228 e. The zero-order valence-corrected chi connectivity index (χ0v) is 16.8. The highest BCUT2D eigenvalue weighted by atomic mass is 16.5. The third-order valence-electron chi connectivity index (χ3n) is 5.41. The van der Waals surface area contributed by atoms with Gasteiger partial charge in [0.25, 0.3) is 0 Å². The van der Waals surface area contributed by atoms with E-state index in [0.717, 1.165) is 45.8 Å². The summed E-state index contributed by atoms with van der Waals surface area (Å²) in [4.78, 5) is 12.8. The number of ether oxygens (including phenoxy) is 1. The van der Waals surface area contributed by atoms with E-state index in [1.165, 1.54) is 12.8 Å². The number of anilines is 2. The maximum absolute atomic E-state index is 6.40. The van der Waals surface area contributed by atoms with Gasteiger partial charge in [-0.15, -0.1) is 0 Å². The van der Waals surface area contributed by atoms with Gasteiger partial charge in [0.1, 0.15) is 5.75 Å². The van der Waals surface area contributed by atoms with Gasteiger partial charge >= 0.3 is 0 Å². The first-order valence-corrected chi connectivity index (χ1v) is 10.2. The van der Waals surface area contributed by atoms with E-state index in [1.54, 1.807) is 18.5 Å². The maximum atomic E-state index is 6.40. The number of fused-ring (bicyclic) bond motifs is 1. The summed E-state index contributed by atoms with van der Waals surface area (Å²) in [6, 6.07) is 16.1. The minimum Gasteiger partial charge on any atom is -0.437 e. The molecule has 150 valence electrons. The van der Waals surface area contributed by atoms with E-state index < -0.39 is 0 Å². The molecule has 0 atom stereocenters. The molecule has 6 nitrogen and oxygen atoms in total. The molecule has 0 radical (unpaired) electrons. The van der Waals surface area contributed by atoms with Crippen LogP contribution >= 0.6 is 0 Å². The van der Waals surface area contributed by atoms with Gasteiger partial charge in [0.05, 0.1) is 11.3 Å². The van der Waals surface area contributed by atoms with Crippen molar-refractivity contribution in [2.24, 2.45) is 5.92 Å². The molecule has 0 spiro atoms. The first-order valence-electron chi connectivity index (χ1n) is 10.2. The van der Waals surface area contributed by atoms with Crippen molar-refractivity contribution in [3.8, 4) is 22.9 Å². The topological polar surface area (TPSA) is 86.0 Å². The minimum atomic E-state index is 0.218. The van der Waals surface area contributed by atoms with Gasteiger partial charge < -0.3 is 15.8 Å². The molecule has 5 rings (SSSR count). The number of pyridine rings is 1. The predicted molar refractivity (Wildman–Crippen MR) is 120 cm³/mol. The number of hydrogen-bond acceptors (Lipinski definition) is 6. The number of nitrogen functional groups attached to an aromatic ring is 1. The van der Waals surface area contributed by atoms with Gasteiger partial charge in [-0.3, -0.25) is 0 Å². The average molecular weight is 397 g/mol. The number of benzene rings is 2. The van der Waals surface area contributed by atoms with E-state index in [0.29, 0.717) is 11.6 Å². The summed E-state index contributed by atoms with van der Waals surface area (Å²) in [6.07, 6.45) is 5.99. The Kier molecular flexibility index (Phi) is 4.67. The zero-order chi connectivity index (χ0) is 20.5. The second-order valence-electron chi connectivity index (χ2n) is 7.69. The van der Waals surface area contributed by atoms with Crippen molar-refractivity contribution in [2.45, 2.75) is 19.8 Å². The summed E-state index contributed by atoms with van der Waals surface area (Å²) in [5, 5.41) is 5.79. The predicted octanol–water partition coefficient (Wildman–Crippen LogP) is 5.20. The molecule has 4 aromatic rings. The van der Waals surface area contributed by atoms with Gasteiger partial charge in [0, 0.05) is 35.4 Å². The van der Waals surface area contributed by atoms with Gasteiger partial charge in [-0.05, 0) is 55.5 Å². The van der Waals surface area contributed by atoms with Crippen LogP contribution in [0.4, 0.5) is 11.6 Å². The van der Waals surface area contributed by atoms with Crippen LogP contribution in [-0.4, -0.2) is 21.5 Å². The lowest BCUT2D eigenvalue weighted by Gasteiger charge is -2.16. The van der Waals surface area contributed by atoms with Crippen molar-refractivity contribution in [1.82, 2.24) is 15.0 Å². The summed E-state index contributed by atoms with van der Waals surface area (Å²) in [5.74, 6) is 2.31. The van der Waals surface area contributed by atoms with Crippen molar-refractivity contribution in [1.29, 1.82) is 0 Å². The van der Waals surface area contributed by atoms with E-state index in [2.05, 4.69) is 50.6 Å². The molecule has 30 heavy (non-hydrogen) atoms. The lowest BCUT2D eigenvalue weighted by molar-refractivity contribution is 0.466. The van der Waals surface area contributed by atoms with Crippen molar-refractivity contribution in [3.05, 3.63) is 66.5 Å². The van der Waals surface area contributed by atoms with Crippen LogP contribution in [0.5, 0.6) is 11.6 Å². The van der Waals surface area contributed by atoms with Gasteiger partial charge in [-0.25, -0.2) is 15.0 Å². The Labute approximate surface area is 175 Å². The second kappa shape index (κ2) is 7.63. The quantitative estimate of drug-likeness (QED) is 0.465. The van der Waals surface area contributed by atoms with Gasteiger partial charge in [0.15, 0.2) is 0 Å². The van der Waals surface area contributed by atoms with Crippen LogP contribution in [0, 0.1) is 12.8 Å². The Bertz CT molecular complexity index is 1220. The molecule has 1 aliphatic rings. The largest absolute Gasteiger partial charge is 0.437 e. The van der Waals surface area contributed by atoms with Crippen LogP contribution in [0.25, 0.3) is 22.0 Å². The molecule has 0 saturated heterocycles. The molecule has 1 saturated carbocycles. The van der Waals surface area contributed by atoms with Gasteiger partial charge in [-0.2, -0.15) is 0 Å². The first kappa shape index (κ1) is 18.4. The molecule has 1 fully saturated rings. The normalized spacial score (nSPS) is 13.4. The van der Waals surface area contributed by atoms with E-state index in [1.807, 2.05) is 19.1 Å². The molecular weight excluding hydrogens is 374 g/mol. The fourth-order valence-corrected chi connectivity index (χ4v) is 3.59. The lowest BCUT2D eigenvalue weighted by atomic mass is 10.0. The molecule has 2 aromatic heterocycles. The molecule has 1 aliphatic carbocycles. The highest BCUT2D eigenvalue weighted by Gasteiger charge is 2.21. The number of hydrogen-bond donors (Lipinski definition) is 2. The molecule has 6 heteroatoms. The van der Waals surface area contributed by atoms with Crippen molar-refractivity contribution < 1.29 is 4.74 Å². The van der Waals surface area contributed by atoms with Crippen molar-refractivity contribution in [3.63, 3.8) is 0 Å². The molecule has 2 aromatic carbocycles. The fraction of sp³-hybridized carbons (Fsp3) is 0.208. The van der Waals surface area contributed by atoms with Gasteiger partial charge in [0.2, 0.25) is 11.8 Å². The Morgan fingerprint density at radius 2 is 1.90 bits per heavy atom. The van der Waals surface area contributed by atoms with E-state index in [9.17, 15) is 0 Å². The number of rotatable bonds is 6. The second-order valence-corrected chi connectivity index (χ2v) is 7.69. The van der Waals surface area contributed by atoms with Crippen LogP contribution in [0.2, 0.25) is 0 Å². The summed E-state index contributed by atoms with van der Waals surface area (Å²) in [6.45, 7) is 3.06. The Balaban J connectivity index is 1.56. The summed E-state index contributed by atoms with van der Waals surface area (Å²) in [5.41, 5.74) is 9.40. The highest BCUT2D eigenvalue weighted by Crippen LogP contribution is 2.39. The number of nitrogens with two attached hydrogens (primary N) is 1. The zero-order valence-electron chi connectivity index (χ0n) is 16.8. The number of nitrogens with one attached hydrogen (secondary N) is 1. The Hall–Kier alpha value is -3.67. The fourth-order valence-electron chi connectivity index (χ4n) is 3.59. The lowest BCUT2D eigenvalue weighted by Crippen LogP contribution is -2.04. The summed E-state index contributed by atoms with van der Waals surface area (Å²) >= 11 is 0. The standard InChI is InChI=1S/C24H23N5O/c1-15-7-10-17-18(4-2-6-20(17)28-14-16-8-9-16)22(15)30-23-19(5-3-12-26-23)21-11-13-27-24(25)29-21/h2-7,10-13,16,28H,8-9,14H2,1H3,(H2,25,27,29). The Morgan fingerprint density at radius 3 is 2.73 bits per heavy atom. The molecule has 0 bridgehead atoms. The molecule has 2 heterocycles. The van der Waals surface area contributed by atoms with Crippen molar-refractivity contribution in [2.75, 3.05) is 17.6 Å². The smallest absolute Gasteiger partial charge is 0.228 e. The van der Waals surface area contributed by atoms with Crippen LogP contribution in [0.15, 0.2) is 60.9 Å². The SMILES string of the molecule is Cc1ccc2c(NCC3CC3)cccc2c1Oc1ncccc1-c1ccnc(N)n1. The molecule has 0 amide bonds. The number of aryl methyl sites for hydroxylation is 1. The van der Waals surface area contributed by atoms with E-state index in [-0.39, 0.29) is 5.95 Å². The van der Waals surface area contributed by atoms with Crippen LogP contribution in [0.1, 0.15) is 18.4 Å². The first-order chi connectivity index (χ1) is 14.7. The van der Waals surface area contributed by atoms with Crippen LogP contribution in [0.3, 0.4) is 0 Å². The molecular formula is C24H23N5O. The minimum absolute atomic E-state index is 0.218. The van der Waals surface area contributed by atoms with Crippen LogP contribution in [-0.2, 0) is 0 Å². The van der Waals surface area contributed by atoms with E-state index in [4.69, 9.17) is 10.5 Å². The molecule has 0 aliphatic heterocycles. The van der Waals surface area contributed by atoms with E-state index >= 15 is 0 Å². The number of aromatic nitrogens is 3. The number of nitrogens with zero attached hydrogens (tertiary/aromatic N) is 3. The highest BCUT2D eigenvalue weighted by molar-refractivity contribution is 5.98. The molecule has 3 N–H and O–H groups in total. The van der Waals surface area contributed by atoms with Crippen molar-refractivity contribution >= 4 is 22.4 Å². The Morgan fingerprint density at radius 1 is 1.00 bits per heavy atom. The molecule has 0 unspecified atom stereocenters. The van der Waals surface area contributed by atoms with Crippen LogP contribution < -0.4 is 15.8 Å². The third-order valence-corrected chi connectivity index (χ3v) is 5.41. The monoisotopic (exact) mass is 397 g/mol. The third kappa shape index (κ3) is 3.64. The summed E-state index contributed by atoms with van der Waals surface area (Å²) < 4.78 is 6.40. The summed E-state index contributed by atoms with van der Waals surface area (Å²) in [7, 11) is 0. The van der Waals surface area contributed by atoms with Gasteiger partial charge in [-0.1, -0.05) is 24.3 Å².